The molecule has 1 aromatic carbocycles. The SMILES string of the molecule is Cc1c(C(=O)C(Cl)Cl)cccc1C(F)(F)F. The number of ketones is 1. The van der Waals surface area contributed by atoms with E-state index in [4.69, 9.17) is 23.2 Å². The lowest BCUT2D eigenvalue weighted by Gasteiger charge is -2.13. The maximum atomic E-state index is 12.5. The summed E-state index contributed by atoms with van der Waals surface area (Å²) in [5.41, 5.74) is -1.12. The second-order valence-electron chi connectivity index (χ2n) is 3.14. The van der Waals surface area contributed by atoms with E-state index in [1.165, 1.54) is 13.0 Å². The van der Waals surface area contributed by atoms with Gasteiger partial charge in [-0.05, 0) is 18.6 Å². The quantitative estimate of drug-likeness (QED) is 0.587. The van der Waals surface area contributed by atoms with Gasteiger partial charge in [0.2, 0.25) is 0 Å². The van der Waals surface area contributed by atoms with E-state index in [0.29, 0.717) is 0 Å². The Balaban J connectivity index is 3.30. The van der Waals surface area contributed by atoms with Crippen molar-refractivity contribution in [1.82, 2.24) is 0 Å². The molecule has 0 heterocycles. The van der Waals surface area contributed by atoms with Crippen molar-refractivity contribution in [2.45, 2.75) is 17.9 Å². The van der Waals surface area contributed by atoms with Crippen LogP contribution < -0.4 is 0 Å². The number of alkyl halides is 5. The van der Waals surface area contributed by atoms with Crippen LogP contribution in [0.4, 0.5) is 13.2 Å². The minimum Gasteiger partial charge on any atom is -0.291 e. The predicted octanol–water partition coefficient (Wildman–Crippen LogP) is 4.00. The summed E-state index contributed by atoms with van der Waals surface area (Å²) in [6.45, 7) is 1.21. The fourth-order valence-electron chi connectivity index (χ4n) is 1.33. The van der Waals surface area contributed by atoms with E-state index in [1.807, 2.05) is 0 Å². The van der Waals surface area contributed by atoms with Gasteiger partial charge >= 0.3 is 6.18 Å². The highest BCUT2D eigenvalue weighted by molar-refractivity contribution is 6.55. The van der Waals surface area contributed by atoms with E-state index in [9.17, 15) is 18.0 Å². The fourth-order valence-corrected chi connectivity index (χ4v) is 1.56. The summed E-state index contributed by atoms with van der Waals surface area (Å²) in [6, 6.07) is 3.33. The first-order valence-corrected chi connectivity index (χ1v) is 5.11. The molecule has 1 aromatic rings. The molecule has 1 rings (SSSR count). The number of benzene rings is 1. The molecule has 1 nitrogen and oxygen atoms in total. The summed E-state index contributed by atoms with van der Waals surface area (Å²) in [4.78, 5) is 10.1. The van der Waals surface area contributed by atoms with Crippen molar-refractivity contribution >= 4 is 29.0 Å². The van der Waals surface area contributed by atoms with Crippen molar-refractivity contribution < 1.29 is 18.0 Å². The summed E-state index contributed by atoms with van der Waals surface area (Å²) in [5, 5.41) is 0. The van der Waals surface area contributed by atoms with E-state index in [2.05, 4.69) is 0 Å². The van der Waals surface area contributed by atoms with Gasteiger partial charge in [0.1, 0.15) is 0 Å². The Morgan fingerprint density at radius 2 is 1.88 bits per heavy atom. The van der Waals surface area contributed by atoms with Gasteiger partial charge in [-0.25, -0.2) is 0 Å². The third kappa shape index (κ3) is 2.68. The van der Waals surface area contributed by atoms with Crippen LogP contribution in [0.1, 0.15) is 21.5 Å². The smallest absolute Gasteiger partial charge is 0.291 e. The molecule has 0 aliphatic carbocycles. The van der Waals surface area contributed by atoms with Crippen LogP contribution in [0.3, 0.4) is 0 Å². The average molecular weight is 271 g/mol. The first kappa shape index (κ1) is 13.3. The van der Waals surface area contributed by atoms with Crippen LogP contribution in [-0.2, 0) is 6.18 Å². The molecular formula is C10H7Cl2F3O. The Morgan fingerprint density at radius 1 is 1.31 bits per heavy atom. The van der Waals surface area contributed by atoms with Crippen LogP contribution in [0.15, 0.2) is 18.2 Å². The van der Waals surface area contributed by atoms with Crippen molar-refractivity contribution in [2.24, 2.45) is 0 Å². The normalized spacial score (nSPS) is 11.9. The highest BCUT2D eigenvalue weighted by Crippen LogP contribution is 2.33. The topological polar surface area (TPSA) is 17.1 Å². The largest absolute Gasteiger partial charge is 0.416 e. The van der Waals surface area contributed by atoms with Crippen molar-refractivity contribution in [3.05, 3.63) is 34.9 Å². The molecule has 0 aromatic heterocycles. The third-order valence-corrected chi connectivity index (χ3v) is 2.50. The molecule has 0 atom stereocenters. The van der Waals surface area contributed by atoms with Crippen molar-refractivity contribution in [2.75, 3.05) is 0 Å². The average Bonchev–Trinajstić information content (AvgIpc) is 2.15. The molecular weight excluding hydrogens is 264 g/mol. The van der Waals surface area contributed by atoms with Gasteiger partial charge in [0, 0.05) is 5.56 Å². The number of carbonyl (C=O) groups excluding carboxylic acids is 1. The number of hydrogen-bond acceptors (Lipinski definition) is 1. The molecule has 0 aliphatic heterocycles. The Bertz CT molecular complexity index is 413. The zero-order chi connectivity index (χ0) is 12.5. The van der Waals surface area contributed by atoms with Crippen LogP contribution in [0.2, 0.25) is 0 Å². The highest BCUT2D eigenvalue weighted by atomic mass is 35.5. The lowest BCUT2D eigenvalue weighted by molar-refractivity contribution is -0.138. The number of carbonyl (C=O) groups is 1. The fraction of sp³-hybridized carbons (Fsp3) is 0.300. The third-order valence-electron chi connectivity index (χ3n) is 2.10. The number of hydrogen-bond donors (Lipinski definition) is 0. The van der Waals surface area contributed by atoms with Gasteiger partial charge in [0.25, 0.3) is 0 Å². The molecule has 0 amide bonds. The Kier molecular flexibility index (Phi) is 3.86. The van der Waals surface area contributed by atoms with Gasteiger partial charge in [-0.1, -0.05) is 35.3 Å². The molecule has 0 saturated carbocycles. The first-order valence-electron chi connectivity index (χ1n) is 4.24. The molecule has 16 heavy (non-hydrogen) atoms. The van der Waals surface area contributed by atoms with Gasteiger partial charge < -0.3 is 0 Å². The van der Waals surface area contributed by atoms with Gasteiger partial charge in [-0.15, -0.1) is 0 Å². The van der Waals surface area contributed by atoms with Gasteiger partial charge in [0.15, 0.2) is 10.6 Å². The first-order chi connectivity index (χ1) is 7.25. The predicted molar refractivity (Wildman–Crippen MR) is 56.0 cm³/mol. The molecule has 0 spiro atoms. The minimum absolute atomic E-state index is 0.107. The molecule has 0 radical (unpaired) electrons. The Hall–Kier alpha value is -0.740. The molecule has 0 bridgehead atoms. The Morgan fingerprint density at radius 3 is 2.31 bits per heavy atom. The highest BCUT2D eigenvalue weighted by Gasteiger charge is 2.34. The minimum atomic E-state index is -4.49. The molecule has 0 saturated heterocycles. The van der Waals surface area contributed by atoms with Crippen LogP contribution in [0.5, 0.6) is 0 Å². The van der Waals surface area contributed by atoms with Crippen molar-refractivity contribution in [3.8, 4) is 0 Å². The summed E-state index contributed by atoms with van der Waals surface area (Å²) in [7, 11) is 0. The van der Waals surface area contributed by atoms with Crippen molar-refractivity contribution in [3.63, 3.8) is 0 Å². The summed E-state index contributed by atoms with van der Waals surface area (Å²) >= 11 is 10.7. The van der Waals surface area contributed by atoms with Gasteiger partial charge in [0.05, 0.1) is 5.56 Å². The zero-order valence-electron chi connectivity index (χ0n) is 8.11. The standard InChI is InChI=1S/C10H7Cl2F3O/c1-5-6(8(16)9(11)12)3-2-4-7(5)10(13,14)15/h2-4,9H,1H3. The van der Waals surface area contributed by atoms with Crippen LogP contribution in [0.25, 0.3) is 0 Å². The number of halogens is 5. The van der Waals surface area contributed by atoms with E-state index in [-0.39, 0.29) is 11.1 Å². The monoisotopic (exact) mass is 270 g/mol. The maximum absolute atomic E-state index is 12.5. The number of Topliss-reactive ketones (excluding diaryl/α,β-unsaturated/α-hetero) is 1. The molecule has 0 fully saturated rings. The molecule has 6 heteroatoms. The maximum Gasteiger partial charge on any atom is 0.416 e. The van der Waals surface area contributed by atoms with Gasteiger partial charge in [-0.2, -0.15) is 13.2 Å². The zero-order valence-corrected chi connectivity index (χ0v) is 9.62. The summed E-state index contributed by atoms with van der Waals surface area (Å²) < 4.78 is 37.5. The lowest BCUT2D eigenvalue weighted by Crippen LogP contribution is -2.14. The summed E-state index contributed by atoms with van der Waals surface area (Å²) in [6.07, 6.45) is -4.49. The number of rotatable bonds is 2. The molecule has 0 aliphatic rings. The second kappa shape index (κ2) is 4.63. The summed E-state index contributed by atoms with van der Waals surface area (Å²) in [5.74, 6) is -0.730. The lowest BCUT2D eigenvalue weighted by atomic mass is 9.99. The van der Waals surface area contributed by atoms with E-state index in [1.54, 1.807) is 0 Å². The Labute approximate surface area is 100 Å². The molecule has 88 valence electrons. The van der Waals surface area contributed by atoms with E-state index in [0.717, 1.165) is 12.1 Å². The van der Waals surface area contributed by atoms with E-state index < -0.39 is 22.4 Å². The van der Waals surface area contributed by atoms with Crippen LogP contribution in [-0.4, -0.2) is 10.6 Å². The second-order valence-corrected chi connectivity index (χ2v) is 4.24. The molecule has 0 unspecified atom stereocenters. The van der Waals surface area contributed by atoms with Crippen LogP contribution >= 0.6 is 23.2 Å². The molecule has 0 N–H and O–H groups in total. The van der Waals surface area contributed by atoms with Crippen LogP contribution in [0, 0.1) is 6.92 Å². The van der Waals surface area contributed by atoms with E-state index >= 15 is 0 Å². The van der Waals surface area contributed by atoms with Crippen molar-refractivity contribution in [1.29, 1.82) is 0 Å². The van der Waals surface area contributed by atoms with Gasteiger partial charge in [-0.3, -0.25) is 4.79 Å².